The maximum absolute atomic E-state index is 12.9. The number of nitrogens with zero attached hydrogens (tertiary/aromatic N) is 1. The van der Waals surface area contributed by atoms with Gasteiger partial charge in [-0.2, -0.15) is 26.3 Å². The molecule has 2 aromatic rings. The number of pyridine rings is 1. The molecule has 146 valence electrons. The molecule has 1 heterocycles. The monoisotopic (exact) mass is 412 g/mol. The summed E-state index contributed by atoms with van der Waals surface area (Å²) < 4.78 is 76.4. The second-order valence-corrected chi connectivity index (χ2v) is 5.77. The van der Waals surface area contributed by atoms with E-state index >= 15 is 0 Å². The number of carbonyl (C=O) groups is 1. The Morgan fingerprint density at radius 2 is 1.78 bits per heavy atom. The van der Waals surface area contributed by atoms with Gasteiger partial charge in [0.25, 0.3) is 5.91 Å². The normalized spacial score (nSPS) is 13.3. The molecule has 0 radical (unpaired) electrons. The highest BCUT2D eigenvalue weighted by atomic mass is 35.5. The molecule has 0 spiro atoms. The van der Waals surface area contributed by atoms with Gasteiger partial charge in [0.2, 0.25) is 0 Å². The molecule has 0 fully saturated rings. The minimum Gasteiger partial charge on any atom is -0.385 e. The van der Waals surface area contributed by atoms with Crippen molar-refractivity contribution < 1.29 is 36.2 Å². The zero-order valence-corrected chi connectivity index (χ0v) is 14.0. The number of carbonyl (C=O) groups excluding carboxylic acids is 1. The van der Waals surface area contributed by atoms with E-state index in [2.05, 4.69) is 10.3 Å². The Bertz CT molecular complexity index is 838. The number of hydrogen-bond acceptors (Lipinski definition) is 3. The molecule has 2 N–H and O–H groups in total. The summed E-state index contributed by atoms with van der Waals surface area (Å²) in [6.45, 7) is -0.608. The second-order valence-electron chi connectivity index (χ2n) is 5.36. The van der Waals surface area contributed by atoms with E-state index in [9.17, 15) is 36.2 Å². The van der Waals surface area contributed by atoms with E-state index in [4.69, 9.17) is 11.6 Å². The average molecular weight is 413 g/mol. The van der Waals surface area contributed by atoms with E-state index in [0.29, 0.717) is 12.3 Å². The fraction of sp³-hybridized carbons (Fsp3) is 0.250. The van der Waals surface area contributed by atoms with Gasteiger partial charge in [-0.3, -0.25) is 9.78 Å². The van der Waals surface area contributed by atoms with E-state index in [1.165, 1.54) is 6.07 Å². The van der Waals surface area contributed by atoms with E-state index in [1.807, 2.05) is 0 Å². The van der Waals surface area contributed by atoms with Crippen molar-refractivity contribution in [3.63, 3.8) is 0 Å². The summed E-state index contributed by atoms with van der Waals surface area (Å²) in [6, 6.07) is 4.57. The number of halogens is 7. The van der Waals surface area contributed by atoms with Gasteiger partial charge in [0.05, 0.1) is 27.4 Å². The van der Waals surface area contributed by atoms with Crippen molar-refractivity contribution in [1.82, 2.24) is 10.3 Å². The number of benzene rings is 1. The molecule has 1 aromatic carbocycles. The van der Waals surface area contributed by atoms with Crippen LogP contribution < -0.4 is 5.32 Å². The van der Waals surface area contributed by atoms with Crippen LogP contribution >= 0.6 is 11.6 Å². The van der Waals surface area contributed by atoms with Crippen LogP contribution in [0.1, 0.15) is 33.3 Å². The molecule has 0 bridgehead atoms. The number of aliphatic hydroxyl groups excluding tert-OH is 1. The molecule has 0 aliphatic rings. The van der Waals surface area contributed by atoms with Crippen molar-refractivity contribution in [2.75, 3.05) is 6.54 Å². The number of alkyl halides is 6. The molecule has 0 saturated carbocycles. The van der Waals surface area contributed by atoms with E-state index in [0.717, 1.165) is 18.2 Å². The van der Waals surface area contributed by atoms with Gasteiger partial charge in [0, 0.05) is 12.7 Å². The molecule has 0 aliphatic carbocycles. The SMILES string of the molecule is O=C(NCC(O)c1ncc(C(F)(F)F)cc1Cl)c1ccccc1C(F)(F)F. The van der Waals surface area contributed by atoms with Crippen molar-refractivity contribution in [3.05, 3.63) is 63.9 Å². The molecule has 0 aliphatic heterocycles. The first-order chi connectivity index (χ1) is 12.4. The molecule has 0 saturated heterocycles. The van der Waals surface area contributed by atoms with Gasteiger partial charge in [-0.05, 0) is 18.2 Å². The second kappa shape index (κ2) is 7.73. The summed E-state index contributed by atoms with van der Waals surface area (Å²) in [7, 11) is 0. The van der Waals surface area contributed by atoms with Crippen LogP contribution in [-0.2, 0) is 12.4 Å². The minimum absolute atomic E-state index is 0.353. The van der Waals surface area contributed by atoms with Crippen LogP contribution in [0.4, 0.5) is 26.3 Å². The molecule has 1 atom stereocenters. The largest absolute Gasteiger partial charge is 0.417 e. The van der Waals surface area contributed by atoms with Gasteiger partial charge >= 0.3 is 12.4 Å². The van der Waals surface area contributed by atoms with Crippen molar-refractivity contribution in [3.8, 4) is 0 Å². The maximum atomic E-state index is 12.9. The highest BCUT2D eigenvalue weighted by Crippen LogP contribution is 2.33. The summed E-state index contributed by atoms with van der Waals surface area (Å²) in [4.78, 5) is 15.4. The van der Waals surface area contributed by atoms with Gasteiger partial charge < -0.3 is 10.4 Å². The van der Waals surface area contributed by atoms with Gasteiger partial charge in [0.15, 0.2) is 0 Å². The lowest BCUT2D eigenvalue weighted by Crippen LogP contribution is -2.30. The van der Waals surface area contributed by atoms with Gasteiger partial charge in [-0.25, -0.2) is 0 Å². The highest BCUT2D eigenvalue weighted by Gasteiger charge is 2.35. The maximum Gasteiger partial charge on any atom is 0.417 e. The summed E-state index contributed by atoms with van der Waals surface area (Å²) in [5.74, 6) is -1.12. The van der Waals surface area contributed by atoms with Crippen LogP contribution in [0.15, 0.2) is 36.5 Å². The lowest BCUT2D eigenvalue weighted by atomic mass is 10.1. The number of rotatable bonds is 4. The first kappa shape index (κ1) is 21.0. The lowest BCUT2D eigenvalue weighted by molar-refractivity contribution is -0.138. The van der Waals surface area contributed by atoms with Crippen molar-refractivity contribution in [2.45, 2.75) is 18.5 Å². The zero-order valence-electron chi connectivity index (χ0n) is 13.2. The zero-order chi connectivity index (χ0) is 20.4. The Labute approximate surface area is 153 Å². The van der Waals surface area contributed by atoms with Crippen LogP contribution in [0.2, 0.25) is 5.02 Å². The topological polar surface area (TPSA) is 62.2 Å². The van der Waals surface area contributed by atoms with Crippen molar-refractivity contribution in [1.29, 1.82) is 0 Å². The van der Waals surface area contributed by atoms with Crippen LogP contribution in [0, 0.1) is 0 Å². The fourth-order valence-electron chi connectivity index (χ4n) is 2.16. The minimum atomic E-state index is -4.76. The number of aromatic nitrogens is 1. The van der Waals surface area contributed by atoms with Crippen molar-refractivity contribution in [2.24, 2.45) is 0 Å². The molecule has 27 heavy (non-hydrogen) atoms. The predicted octanol–water partition coefficient (Wildman–Crippen LogP) is 4.24. The third kappa shape index (κ3) is 5.10. The van der Waals surface area contributed by atoms with Crippen LogP contribution in [-0.4, -0.2) is 22.5 Å². The van der Waals surface area contributed by atoms with Crippen LogP contribution in [0.25, 0.3) is 0 Å². The molecule has 2 rings (SSSR count). The standard InChI is InChI=1S/C16H11ClF6N2O2/c17-11-5-8(15(18,19)20)6-24-13(11)12(26)7-25-14(27)9-3-1-2-4-10(9)16(21,22)23/h1-6,12,26H,7H2,(H,25,27). The summed E-state index contributed by atoms with van der Waals surface area (Å²) >= 11 is 5.66. The first-order valence-electron chi connectivity index (χ1n) is 7.26. The van der Waals surface area contributed by atoms with E-state index in [-0.39, 0.29) is 5.69 Å². The van der Waals surface area contributed by atoms with E-state index < -0.39 is 52.6 Å². The number of nitrogens with one attached hydrogen (secondary N) is 1. The summed E-state index contributed by atoms with van der Waals surface area (Å²) in [5.41, 5.74) is -3.31. The molecule has 1 aromatic heterocycles. The molecular weight excluding hydrogens is 402 g/mol. The third-order valence-corrected chi connectivity index (χ3v) is 3.75. The lowest BCUT2D eigenvalue weighted by Gasteiger charge is -2.16. The Morgan fingerprint density at radius 1 is 1.15 bits per heavy atom. The van der Waals surface area contributed by atoms with Gasteiger partial charge in [-0.1, -0.05) is 23.7 Å². The number of amides is 1. The molecule has 4 nitrogen and oxygen atoms in total. The molecular formula is C16H11ClF6N2O2. The number of aliphatic hydroxyl groups is 1. The highest BCUT2D eigenvalue weighted by molar-refractivity contribution is 6.31. The molecule has 11 heteroatoms. The summed E-state index contributed by atoms with van der Waals surface area (Å²) in [6.07, 6.45) is -10.6. The number of hydrogen-bond donors (Lipinski definition) is 2. The predicted molar refractivity (Wildman–Crippen MR) is 83.0 cm³/mol. The Kier molecular flexibility index (Phi) is 6.01. The van der Waals surface area contributed by atoms with Crippen molar-refractivity contribution >= 4 is 17.5 Å². The van der Waals surface area contributed by atoms with Crippen LogP contribution in [0.3, 0.4) is 0 Å². The van der Waals surface area contributed by atoms with Crippen LogP contribution in [0.5, 0.6) is 0 Å². The Hall–Kier alpha value is -2.33. The Morgan fingerprint density at radius 3 is 2.33 bits per heavy atom. The van der Waals surface area contributed by atoms with Gasteiger partial charge in [0.1, 0.15) is 6.10 Å². The quantitative estimate of drug-likeness (QED) is 0.739. The van der Waals surface area contributed by atoms with Gasteiger partial charge in [-0.15, -0.1) is 0 Å². The summed E-state index contributed by atoms with van der Waals surface area (Å²) in [5, 5.41) is 11.5. The first-order valence-corrected chi connectivity index (χ1v) is 7.64. The fourth-order valence-corrected chi connectivity index (χ4v) is 2.45. The Balaban J connectivity index is 2.13. The van der Waals surface area contributed by atoms with E-state index in [1.54, 1.807) is 0 Å². The average Bonchev–Trinajstić information content (AvgIpc) is 2.57. The third-order valence-electron chi connectivity index (χ3n) is 3.45. The smallest absolute Gasteiger partial charge is 0.385 e. The molecule has 1 unspecified atom stereocenters. The molecule has 1 amide bonds.